The standard InChI is InChI=1S/C37H37ClF2N2O4S/c38-31-16-10-25(11-17-31)24-8-14-30(15-9-24)37(39,40)35(36(43)42-22-28-4-3-5-29(28)23-42)41-47(44,45)34-19-13-26-20-33(18-12-27(26)21-34)46-32-6-1-2-7-32/h8-21,28-29,32,35,41H,1-7,22-23H2/t28-,29+,35-/m1/s1. The summed E-state index contributed by atoms with van der Waals surface area (Å²) in [5, 5.41) is 1.94. The number of amides is 1. The quantitative estimate of drug-likeness (QED) is 0.194. The van der Waals surface area contributed by atoms with E-state index in [2.05, 4.69) is 4.72 Å². The van der Waals surface area contributed by atoms with E-state index in [1.807, 2.05) is 6.07 Å². The predicted molar refractivity (Wildman–Crippen MR) is 179 cm³/mol. The summed E-state index contributed by atoms with van der Waals surface area (Å²) in [6.45, 7) is 0.711. The fraction of sp³-hybridized carbons (Fsp3) is 0.378. The van der Waals surface area contributed by atoms with Crippen molar-refractivity contribution in [3.63, 3.8) is 0 Å². The van der Waals surface area contributed by atoms with Crippen LogP contribution in [0.15, 0.2) is 89.8 Å². The lowest BCUT2D eigenvalue weighted by molar-refractivity contribution is -0.143. The molecule has 4 aromatic carbocycles. The normalized spacial score (nSPS) is 20.9. The van der Waals surface area contributed by atoms with E-state index in [-0.39, 0.29) is 22.8 Å². The van der Waals surface area contributed by atoms with Gasteiger partial charge in [-0.25, -0.2) is 8.42 Å². The van der Waals surface area contributed by atoms with E-state index in [4.69, 9.17) is 16.3 Å². The van der Waals surface area contributed by atoms with Gasteiger partial charge in [0.05, 0.1) is 11.0 Å². The largest absolute Gasteiger partial charge is 0.490 e. The van der Waals surface area contributed by atoms with Crippen LogP contribution in [-0.4, -0.2) is 44.5 Å². The summed E-state index contributed by atoms with van der Waals surface area (Å²) in [5.41, 5.74) is 1.02. The third-order valence-corrected chi connectivity index (χ3v) is 11.7. The van der Waals surface area contributed by atoms with Crippen molar-refractivity contribution in [3.8, 4) is 16.9 Å². The van der Waals surface area contributed by atoms with E-state index < -0.39 is 33.5 Å². The van der Waals surface area contributed by atoms with Crippen molar-refractivity contribution >= 4 is 38.3 Å². The van der Waals surface area contributed by atoms with Gasteiger partial charge in [-0.15, -0.1) is 0 Å². The molecule has 2 aliphatic carbocycles. The lowest BCUT2D eigenvalue weighted by Crippen LogP contribution is -2.56. The van der Waals surface area contributed by atoms with Gasteiger partial charge in [0.1, 0.15) is 5.75 Å². The number of carbonyl (C=O) groups is 1. The predicted octanol–water partition coefficient (Wildman–Crippen LogP) is 8.18. The third-order valence-electron chi connectivity index (χ3n) is 10.1. The topological polar surface area (TPSA) is 75.7 Å². The van der Waals surface area contributed by atoms with Crippen LogP contribution in [0, 0.1) is 11.8 Å². The summed E-state index contributed by atoms with van der Waals surface area (Å²) in [6.07, 6.45) is 7.42. The second-order valence-electron chi connectivity index (χ2n) is 13.2. The highest BCUT2D eigenvalue weighted by Crippen LogP contribution is 2.41. The molecular weight excluding hydrogens is 642 g/mol. The molecule has 0 spiro atoms. The molecule has 1 aliphatic heterocycles. The maximum Gasteiger partial charge on any atom is 0.298 e. The van der Waals surface area contributed by atoms with E-state index in [1.54, 1.807) is 42.5 Å². The molecule has 1 saturated heterocycles. The van der Waals surface area contributed by atoms with Crippen LogP contribution in [0.4, 0.5) is 8.78 Å². The zero-order valence-electron chi connectivity index (χ0n) is 25.9. The molecule has 3 fully saturated rings. The van der Waals surface area contributed by atoms with Gasteiger partial charge >= 0.3 is 0 Å². The number of hydrogen-bond acceptors (Lipinski definition) is 4. The maximum atomic E-state index is 16.5. The van der Waals surface area contributed by atoms with Crippen LogP contribution in [-0.2, 0) is 20.7 Å². The van der Waals surface area contributed by atoms with Gasteiger partial charge in [-0.3, -0.25) is 4.79 Å². The van der Waals surface area contributed by atoms with E-state index in [9.17, 15) is 13.2 Å². The van der Waals surface area contributed by atoms with Crippen LogP contribution in [0.1, 0.15) is 50.5 Å². The lowest BCUT2D eigenvalue weighted by Gasteiger charge is -2.31. The van der Waals surface area contributed by atoms with Gasteiger partial charge in [0.15, 0.2) is 6.04 Å². The Balaban J connectivity index is 1.17. The number of likely N-dealkylation sites (tertiary alicyclic amines) is 1. The first-order valence-electron chi connectivity index (χ1n) is 16.3. The Bertz CT molecular complexity index is 1870. The highest BCUT2D eigenvalue weighted by Gasteiger charge is 2.51. The lowest BCUT2D eigenvalue weighted by atomic mass is 9.97. The Morgan fingerprint density at radius 2 is 1.40 bits per heavy atom. The number of halogens is 3. The number of benzene rings is 4. The number of hydrogen-bond donors (Lipinski definition) is 1. The van der Waals surface area contributed by atoms with Gasteiger partial charge in [-0.2, -0.15) is 13.5 Å². The van der Waals surface area contributed by atoms with Crippen molar-refractivity contribution in [2.45, 2.75) is 67.9 Å². The van der Waals surface area contributed by atoms with Crippen LogP contribution < -0.4 is 9.46 Å². The minimum Gasteiger partial charge on any atom is -0.490 e. The summed E-state index contributed by atoms with van der Waals surface area (Å²) in [5.74, 6) is -3.54. The van der Waals surface area contributed by atoms with Crippen LogP contribution in [0.2, 0.25) is 5.02 Å². The molecule has 0 aromatic heterocycles. The first kappa shape index (κ1) is 32.0. The molecule has 7 rings (SSSR count). The van der Waals surface area contributed by atoms with Gasteiger partial charge in [0.25, 0.3) is 5.92 Å². The Labute approximate surface area is 279 Å². The molecule has 10 heteroatoms. The van der Waals surface area contributed by atoms with E-state index in [1.165, 1.54) is 41.3 Å². The number of sulfonamides is 1. The average molecular weight is 679 g/mol. The van der Waals surface area contributed by atoms with E-state index in [0.717, 1.165) is 55.9 Å². The molecule has 3 aliphatic rings. The molecule has 6 nitrogen and oxygen atoms in total. The molecule has 0 unspecified atom stereocenters. The van der Waals surface area contributed by atoms with Crippen LogP contribution >= 0.6 is 11.6 Å². The summed E-state index contributed by atoms with van der Waals surface area (Å²) in [7, 11) is -4.54. The fourth-order valence-electron chi connectivity index (χ4n) is 7.44. The molecule has 2 saturated carbocycles. The molecule has 4 aromatic rings. The monoisotopic (exact) mass is 678 g/mol. The SMILES string of the molecule is O=C([C@@H](NS(=O)(=O)c1ccc2cc(OC3CCCC3)ccc2c1)C(F)(F)c1ccc(-c2ccc(Cl)cc2)cc1)N1C[C@H]2CCC[C@H]2C1. The zero-order valence-corrected chi connectivity index (χ0v) is 27.5. The number of nitrogens with zero attached hydrogens (tertiary/aromatic N) is 1. The average Bonchev–Trinajstić information content (AvgIpc) is 3.83. The van der Waals surface area contributed by atoms with Gasteiger partial charge in [0, 0.05) is 23.7 Å². The molecule has 1 amide bonds. The Hall–Kier alpha value is -3.53. The second-order valence-corrected chi connectivity index (χ2v) is 15.3. The number of alkyl halides is 2. The zero-order chi connectivity index (χ0) is 32.8. The minimum absolute atomic E-state index is 0.177. The van der Waals surface area contributed by atoms with Crippen molar-refractivity contribution in [2.75, 3.05) is 13.1 Å². The van der Waals surface area contributed by atoms with Crippen LogP contribution in [0.3, 0.4) is 0 Å². The molecule has 246 valence electrons. The second kappa shape index (κ2) is 12.8. The number of carbonyl (C=O) groups excluding carboxylic acids is 1. The molecule has 3 atom stereocenters. The summed E-state index contributed by atoms with van der Waals surface area (Å²) >= 11 is 6.00. The van der Waals surface area contributed by atoms with Crippen molar-refractivity contribution < 1.29 is 26.7 Å². The van der Waals surface area contributed by atoms with E-state index in [0.29, 0.717) is 34.8 Å². The molecular formula is C37H37ClF2N2O4S. The first-order valence-corrected chi connectivity index (χ1v) is 18.2. The molecule has 0 radical (unpaired) electrons. The van der Waals surface area contributed by atoms with Crippen molar-refractivity contribution in [1.29, 1.82) is 0 Å². The minimum atomic E-state index is -4.54. The first-order chi connectivity index (χ1) is 22.6. The Kier molecular flexibility index (Phi) is 8.74. The number of nitrogens with one attached hydrogen (secondary N) is 1. The van der Waals surface area contributed by atoms with Crippen LogP contribution in [0.25, 0.3) is 21.9 Å². The summed E-state index contributed by atoms with van der Waals surface area (Å²) < 4.78 is 68.8. The molecule has 1 heterocycles. The molecule has 1 N–H and O–H groups in total. The van der Waals surface area contributed by atoms with Crippen LogP contribution in [0.5, 0.6) is 5.75 Å². The summed E-state index contributed by atoms with van der Waals surface area (Å²) in [6, 6.07) is 20.1. The van der Waals surface area contributed by atoms with Gasteiger partial charge in [-0.05, 0) is 109 Å². The fourth-order valence-corrected chi connectivity index (χ4v) is 8.79. The molecule has 0 bridgehead atoms. The maximum absolute atomic E-state index is 16.5. The number of ether oxygens (including phenoxy) is 1. The highest BCUT2D eigenvalue weighted by atomic mass is 35.5. The smallest absolute Gasteiger partial charge is 0.298 e. The van der Waals surface area contributed by atoms with Crippen molar-refractivity contribution in [2.24, 2.45) is 11.8 Å². The van der Waals surface area contributed by atoms with Crippen molar-refractivity contribution in [3.05, 3.63) is 95.5 Å². The van der Waals surface area contributed by atoms with Crippen molar-refractivity contribution in [1.82, 2.24) is 9.62 Å². The van der Waals surface area contributed by atoms with Gasteiger partial charge < -0.3 is 9.64 Å². The number of rotatable bonds is 9. The highest BCUT2D eigenvalue weighted by molar-refractivity contribution is 7.89. The Morgan fingerprint density at radius 1 is 0.809 bits per heavy atom. The van der Waals surface area contributed by atoms with Gasteiger partial charge in [-0.1, -0.05) is 66.6 Å². The van der Waals surface area contributed by atoms with Gasteiger partial charge in [0.2, 0.25) is 15.9 Å². The number of fused-ring (bicyclic) bond motifs is 2. The Morgan fingerprint density at radius 3 is 2.06 bits per heavy atom. The van der Waals surface area contributed by atoms with E-state index >= 15 is 8.78 Å². The molecule has 47 heavy (non-hydrogen) atoms. The third kappa shape index (κ3) is 6.62. The summed E-state index contributed by atoms with van der Waals surface area (Å²) in [4.78, 5) is 15.1.